The molecule has 2 fully saturated rings. The van der Waals surface area contributed by atoms with Gasteiger partial charge in [0.15, 0.2) is 5.79 Å². The van der Waals surface area contributed by atoms with Gasteiger partial charge in [-0.15, -0.1) is 11.8 Å². The quantitative estimate of drug-likeness (QED) is 0.842. The van der Waals surface area contributed by atoms with Crippen LogP contribution in [0, 0.1) is 0 Å². The van der Waals surface area contributed by atoms with Gasteiger partial charge in [-0.3, -0.25) is 4.79 Å². The van der Waals surface area contributed by atoms with Crippen molar-refractivity contribution < 1.29 is 14.3 Å². The highest BCUT2D eigenvalue weighted by molar-refractivity contribution is 8.00. The summed E-state index contributed by atoms with van der Waals surface area (Å²) in [5.41, 5.74) is 2.90. The molecule has 24 heavy (non-hydrogen) atoms. The number of aryl methyl sites for hydroxylation is 1. The topological polar surface area (TPSA) is 38.8 Å². The first-order valence-electron chi connectivity index (χ1n) is 9.01. The Kier molecular flexibility index (Phi) is 4.83. The predicted octanol–water partition coefficient (Wildman–Crippen LogP) is 3.16. The summed E-state index contributed by atoms with van der Waals surface area (Å²) >= 11 is 1.81. The van der Waals surface area contributed by atoms with E-state index in [1.165, 1.54) is 30.4 Å². The van der Waals surface area contributed by atoms with E-state index in [0.29, 0.717) is 24.2 Å². The zero-order valence-electron chi connectivity index (χ0n) is 14.0. The third-order valence-corrected chi connectivity index (χ3v) is 6.72. The highest BCUT2D eigenvalue weighted by atomic mass is 32.2. The molecule has 1 unspecified atom stereocenters. The number of piperidine rings is 1. The Labute approximate surface area is 147 Å². The van der Waals surface area contributed by atoms with E-state index in [0.717, 1.165) is 25.9 Å². The molecule has 1 atom stereocenters. The summed E-state index contributed by atoms with van der Waals surface area (Å²) in [5.74, 6) is 0.441. The zero-order chi connectivity index (χ0) is 16.4. The minimum atomic E-state index is -0.397. The Balaban J connectivity index is 1.30. The normalized spacial score (nSPS) is 25.7. The smallest absolute Gasteiger partial charge is 0.232 e. The average Bonchev–Trinajstić information content (AvgIpc) is 3.08. The largest absolute Gasteiger partial charge is 0.347 e. The molecular weight excluding hydrogens is 322 g/mol. The van der Waals surface area contributed by atoms with Crippen LogP contribution in [0.4, 0.5) is 0 Å². The average molecular weight is 347 g/mol. The zero-order valence-corrected chi connectivity index (χ0v) is 14.9. The van der Waals surface area contributed by atoms with E-state index in [9.17, 15) is 4.79 Å². The Bertz CT molecular complexity index is 590. The molecule has 1 amide bonds. The summed E-state index contributed by atoms with van der Waals surface area (Å²) in [5, 5.41) is 0.469. The standard InChI is InChI=1S/C19H25NO3S/c21-18(20-10-8-19(9-11-20)22-12-13-23-19)14-24-17-7-3-5-15-4-1-2-6-16(15)17/h1-2,4,6,17H,3,5,7-14H2. The summed E-state index contributed by atoms with van der Waals surface area (Å²) in [4.78, 5) is 14.6. The van der Waals surface area contributed by atoms with E-state index in [4.69, 9.17) is 9.47 Å². The van der Waals surface area contributed by atoms with Gasteiger partial charge in [0.2, 0.25) is 5.91 Å². The minimum Gasteiger partial charge on any atom is -0.347 e. The van der Waals surface area contributed by atoms with Gasteiger partial charge in [-0.2, -0.15) is 0 Å². The van der Waals surface area contributed by atoms with Crippen LogP contribution in [-0.4, -0.2) is 48.7 Å². The van der Waals surface area contributed by atoms with Gasteiger partial charge in [-0.05, 0) is 30.4 Å². The van der Waals surface area contributed by atoms with Crippen molar-refractivity contribution in [1.82, 2.24) is 4.90 Å². The molecule has 1 aromatic rings. The van der Waals surface area contributed by atoms with Crippen molar-refractivity contribution in [2.45, 2.75) is 43.1 Å². The number of ether oxygens (including phenoxy) is 2. The monoisotopic (exact) mass is 347 g/mol. The third kappa shape index (κ3) is 3.35. The summed E-state index contributed by atoms with van der Waals surface area (Å²) < 4.78 is 11.5. The first-order valence-corrected chi connectivity index (χ1v) is 10.1. The number of fused-ring (bicyclic) bond motifs is 1. The molecule has 5 heteroatoms. The molecule has 0 radical (unpaired) electrons. The molecule has 3 aliphatic rings. The van der Waals surface area contributed by atoms with Crippen molar-refractivity contribution in [2.75, 3.05) is 32.1 Å². The molecule has 1 aromatic carbocycles. The van der Waals surface area contributed by atoms with Crippen LogP contribution in [0.1, 0.15) is 42.1 Å². The maximum Gasteiger partial charge on any atom is 0.232 e. The molecule has 2 aliphatic heterocycles. The number of hydrogen-bond acceptors (Lipinski definition) is 4. The molecule has 2 saturated heterocycles. The fraction of sp³-hybridized carbons (Fsp3) is 0.632. The van der Waals surface area contributed by atoms with Gasteiger partial charge in [-0.1, -0.05) is 24.3 Å². The first-order chi connectivity index (χ1) is 11.8. The molecule has 1 spiro atoms. The van der Waals surface area contributed by atoms with E-state index in [1.54, 1.807) is 0 Å². The van der Waals surface area contributed by atoms with Gasteiger partial charge in [0.05, 0.1) is 19.0 Å². The van der Waals surface area contributed by atoms with Crippen LogP contribution in [0.2, 0.25) is 0 Å². The lowest BCUT2D eigenvalue weighted by atomic mass is 9.91. The van der Waals surface area contributed by atoms with Crippen molar-refractivity contribution in [3.63, 3.8) is 0 Å². The van der Waals surface area contributed by atoms with Crippen molar-refractivity contribution >= 4 is 17.7 Å². The van der Waals surface area contributed by atoms with Crippen LogP contribution in [0.15, 0.2) is 24.3 Å². The molecule has 0 N–H and O–H groups in total. The van der Waals surface area contributed by atoms with Crippen LogP contribution in [0.3, 0.4) is 0 Å². The number of carbonyl (C=O) groups excluding carboxylic acids is 1. The SMILES string of the molecule is O=C(CSC1CCCc2ccccc21)N1CCC2(CC1)OCCO2. The van der Waals surface area contributed by atoms with E-state index >= 15 is 0 Å². The second-order valence-corrected chi connectivity index (χ2v) is 8.07. The minimum absolute atomic E-state index is 0.260. The molecule has 4 nitrogen and oxygen atoms in total. The van der Waals surface area contributed by atoms with Crippen molar-refractivity contribution in [3.8, 4) is 0 Å². The van der Waals surface area contributed by atoms with Crippen LogP contribution in [-0.2, 0) is 20.7 Å². The molecule has 0 aromatic heterocycles. The third-order valence-electron chi connectivity index (χ3n) is 5.41. The Hall–Kier alpha value is -1.04. The molecule has 2 heterocycles. The number of thioether (sulfide) groups is 1. The predicted molar refractivity (Wildman–Crippen MR) is 95.0 cm³/mol. The first kappa shape index (κ1) is 16.4. The van der Waals surface area contributed by atoms with Crippen LogP contribution in [0.25, 0.3) is 0 Å². The molecule has 0 saturated carbocycles. The van der Waals surface area contributed by atoms with Crippen LogP contribution < -0.4 is 0 Å². The number of benzene rings is 1. The molecular formula is C19H25NO3S. The number of amides is 1. The van der Waals surface area contributed by atoms with E-state index in [2.05, 4.69) is 24.3 Å². The lowest BCUT2D eigenvalue weighted by Crippen LogP contribution is -2.47. The van der Waals surface area contributed by atoms with Gasteiger partial charge in [0, 0.05) is 31.2 Å². The summed E-state index contributed by atoms with van der Waals surface area (Å²) in [6.45, 7) is 2.87. The number of hydrogen-bond donors (Lipinski definition) is 0. The number of rotatable bonds is 3. The highest BCUT2D eigenvalue weighted by Gasteiger charge is 2.40. The van der Waals surface area contributed by atoms with Gasteiger partial charge < -0.3 is 14.4 Å². The summed E-state index contributed by atoms with van der Waals surface area (Å²) in [6.07, 6.45) is 5.18. The molecule has 4 rings (SSSR count). The van der Waals surface area contributed by atoms with E-state index < -0.39 is 5.79 Å². The lowest BCUT2D eigenvalue weighted by molar-refractivity contribution is -0.186. The maximum atomic E-state index is 12.6. The summed E-state index contributed by atoms with van der Waals surface area (Å²) in [7, 11) is 0. The van der Waals surface area contributed by atoms with Crippen molar-refractivity contribution in [1.29, 1.82) is 0 Å². The second-order valence-electron chi connectivity index (χ2n) is 6.88. The van der Waals surface area contributed by atoms with Crippen LogP contribution >= 0.6 is 11.8 Å². The summed E-state index contributed by atoms with van der Waals surface area (Å²) in [6, 6.07) is 8.70. The Morgan fingerprint density at radius 2 is 1.96 bits per heavy atom. The van der Waals surface area contributed by atoms with Crippen LogP contribution in [0.5, 0.6) is 0 Å². The van der Waals surface area contributed by atoms with E-state index in [-0.39, 0.29) is 5.91 Å². The molecule has 1 aliphatic carbocycles. The fourth-order valence-corrected chi connectivity index (χ4v) is 5.30. The lowest BCUT2D eigenvalue weighted by Gasteiger charge is -2.37. The Morgan fingerprint density at radius 3 is 2.75 bits per heavy atom. The van der Waals surface area contributed by atoms with Crippen molar-refractivity contribution in [3.05, 3.63) is 35.4 Å². The highest BCUT2D eigenvalue weighted by Crippen LogP contribution is 2.40. The second kappa shape index (κ2) is 7.06. The number of nitrogens with zero attached hydrogens (tertiary/aromatic N) is 1. The fourth-order valence-electron chi connectivity index (χ4n) is 4.03. The maximum absolute atomic E-state index is 12.6. The van der Waals surface area contributed by atoms with Gasteiger partial charge >= 0.3 is 0 Å². The van der Waals surface area contributed by atoms with Gasteiger partial charge in [0.1, 0.15) is 0 Å². The van der Waals surface area contributed by atoms with Gasteiger partial charge in [-0.25, -0.2) is 0 Å². The Morgan fingerprint density at radius 1 is 1.21 bits per heavy atom. The molecule has 0 bridgehead atoms. The van der Waals surface area contributed by atoms with Crippen molar-refractivity contribution in [2.24, 2.45) is 0 Å². The number of likely N-dealkylation sites (tertiary alicyclic amines) is 1. The number of carbonyl (C=O) groups is 1. The molecule has 130 valence electrons. The van der Waals surface area contributed by atoms with E-state index in [1.807, 2.05) is 16.7 Å². The van der Waals surface area contributed by atoms with Gasteiger partial charge in [0.25, 0.3) is 0 Å².